The van der Waals surface area contributed by atoms with Crippen molar-refractivity contribution in [3.63, 3.8) is 0 Å². The molecule has 1 aliphatic heterocycles. The summed E-state index contributed by atoms with van der Waals surface area (Å²) >= 11 is 0. The first kappa shape index (κ1) is 16.0. The van der Waals surface area contributed by atoms with E-state index in [1.54, 1.807) is 6.92 Å². The maximum Gasteiger partial charge on any atom is 0.306 e. The van der Waals surface area contributed by atoms with E-state index in [1.165, 1.54) is 0 Å². The van der Waals surface area contributed by atoms with Crippen LogP contribution in [0.2, 0.25) is 0 Å². The Labute approximate surface area is 115 Å². The fourth-order valence-corrected chi connectivity index (χ4v) is 2.51. The van der Waals surface area contributed by atoms with Crippen LogP contribution in [0.1, 0.15) is 39.5 Å². The Bertz CT molecular complexity index is 307. The Morgan fingerprint density at radius 2 is 1.95 bits per heavy atom. The van der Waals surface area contributed by atoms with Crippen molar-refractivity contribution in [2.24, 2.45) is 0 Å². The van der Waals surface area contributed by atoms with E-state index in [4.69, 9.17) is 4.74 Å². The van der Waals surface area contributed by atoms with E-state index in [0.717, 1.165) is 32.5 Å². The van der Waals surface area contributed by atoms with Crippen LogP contribution in [0.4, 0.5) is 0 Å². The first-order chi connectivity index (χ1) is 9.08. The summed E-state index contributed by atoms with van der Waals surface area (Å²) in [4.78, 5) is 27.8. The van der Waals surface area contributed by atoms with E-state index < -0.39 is 0 Å². The number of rotatable bonds is 5. The molecule has 110 valence electrons. The van der Waals surface area contributed by atoms with Crippen LogP contribution in [0, 0.1) is 0 Å². The van der Waals surface area contributed by atoms with Crippen LogP contribution < -0.4 is 0 Å². The Morgan fingerprint density at radius 1 is 1.21 bits per heavy atom. The SMILES string of the molecule is CCOC(=O)CCC(=O)N1CCCN(C)CC1CC. The zero-order chi connectivity index (χ0) is 14.3. The van der Waals surface area contributed by atoms with E-state index in [2.05, 4.69) is 18.9 Å². The molecular formula is C14H26N2O3. The van der Waals surface area contributed by atoms with Gasteiger partial charge >= 0.3 is 5.97 Å². The summed E-state index contributed by atoms with van der Waals surface area (Å²) in [6.07, 6.45) is 2.40. The van der Waals surface area contributed by atoms with Crippen LogP contribution in [0.3, 0.4) is 0 Å². The van der Waals surface area contributed by atoms with Gasteiger partial charge in [0.2, 0.25) is 5.91 Å². The van der Waals surface area contributed by atoms with Gasteiger partial charge in [0, 0.05) is 25.6 Å². The second kappa shape index (κ2) is 8.15. The molecule has 5 nitrogen and oxygen atoms in total. The van der Waals surface area contributed by atoms with Gasteiger partial charge in [-0.05, 0) is 33.4 Å². The predicted octanol–water partition coefficient (Wildman–Crippen LogP) is 1.27. The van der Waals surface area contributed by atoms with Gasteiger partial charge in [-0.3, -0.25) is 9.59 Å². The maximum atomic E-state index is 12.2. The van der Waals surface area contributed by atoms with Crippen molar-refractivity contribution in [3.8, 4) is 0 Å². The van der Waals surface area contributed by atoms with Crippen molar-refractivity contribution in [3.05, 3.63) is 0 Å². The topological polar surface area (TPSA) is 49.9 Å². The predicted molar refractivity (Wildman–Crippen MR) is 73.8 cm³/mol. The molecule has 1 saturated heterocycles. The van der Waals surface area contributed by atoms with Crippen molar-refractivity contribution in [2.45, 2.75) is 45.6 Å². The molecule has 1 unspecified atom stereocenters. The minimum absolute atomic E-state index is 0.0789. The summed E-state index contributed by atoms with van der Waals surface area (Å²) in [5.74, 6) is -0.203. The van der Waals surface area contributed by atoms with E-state index >= 15 is 0 Å². The van der Waals surface area contributed by atoms with Crippen molar-refractivity contribution in [1.82, 2.24) is 9.80 Å². The third-order valence-electron chi connectivity index (χ3n) is 3.54. The van der Waals surface area contributed by atoms with Crippen LogP contribution in [0.25, 0.3) is 0 Å². The largest absolute Gasteiger partial charge is 0.466 e. The maximum absolute atomic E-state index is 12.2. The number of carbonyl (C=O) groups is 2. The van der Waals surface area contributed by atoms with Crippen molar-refractivity contribution < 1.29 is 14.3 Å². The van der Waals surface area contributed by atoms with Gasteiger partial charge in [0.1, 0.15) is 0 Å². The van der Waals surface area contributed by atoms with Crippen molar-refractivity contribution in [1.29, 1.82) is 0 Å². The van der Waals surface area contributed by atoms with Gasteiger partial charge < -0.3 is 14.5 Å². The van der Waals surface area contributed by atoms with Crippen molar-refractivity contribution in [2.75, 3.05) is 33.3 Å². The molecule has 1 fully saturated rings. The summed E-state index contributed by atoms with van der Waals surface area (Å²) in [5.41, 5.74) is 0. The van der Waals surface area contributed by atoms with Crippen molar-refractivity contribution >= 4 is 11.9 Å². The standard InChI is InChI=1S/C14H26N2O3/c1-4-12-11-15(3)9-6-10-16(12)13(17)7-8-14(18)19-5-2/h12H,4-11H2,1-3H3. The molecule has 0 aromatic carbocycles. The highest BCUT2D eigenvalue weighted by Gasteiger charge is 2.26. The Morgan fingerprint density at radius 3 is 2.58 bits per heavy atom. The Balaban J connectivity index is 2.50. The molecule has 0 saturated carbocycles. The number of carbonyl (C=O) groups excluding carboxylic acids is 2. The molecule has 5 heteroatoms. The van der Waals surface area contributed by atoms with Crippen LogP contribution in [-0.4, -0.2) is 61.0 Å². The average molecular weight is 270 g/mol. The summed E-state index contributed by atoms with van der Waals surface area (Å²) in [7, 11) is 2.09. The zero-order valence-electron chi connectivity index (χ0n) is 12.4. The molecule has 0 spiro atoms. The van der Waals surface area contributed by atoms with Gasteiger partial charge in [0.25, 0.3) is 0 Å². The lowest BCUT2D eigenvalue weighted by molar-refractivity contribution is -0.146. The number of nitrogens with zero attached hydrogens (tertiary/aromatic N) is 2. The normalized spacial score (nSPS) is 21.0. The lowest BCUT2D eigenvalue weighted by Crippen LogP contribution is -2.43. The van der Waals surface area contributed by atoms with E-state index in [1.807, 2.05) is 4.90 Å². The third-order valence-corrected chi connectivity index (χ3v) is 3.54. The Hall–Kier alpha value is -1.10. The molecule has 1 rings (SSSR count). The second-order valence-electron chi connectivity index (χ2n) is 5.07. The number of amides is 1. The smallest absolute Gasteiger partial charge is 0.306 e. The number of esters is 1. The minimum Gasteiger partial charge on any atom is -0.466 e. The summed E-state index contributed by atoms with van der Waals surface area (Å²) in [6, 6.07) is 0.266. The average Bonchev–Trinajstić information content (AvgIpc) is 2.57. The fourth-order valence-electron chi connectivity index (χ4n) is 2.51. The van der Waals surface area contributed by atoms with Gasteiger partial charge in [-0.25, -0.2) is 0 Å². The first-order valence-electron chi connectivity index (χ1n) is 7.22. The summed E-state index contributed by atoms with van der Waals surface area (Å²) in [5, 5.41) is 0. The van der Waals surface area contributed by atoms with Gasteiger partial charge in [-0.2, -0.15) is 0 Å². The Kier molecular flexibility index (Phi) is 6.84. The molecule has 0 N–H and O–H groups in total. The molecule has 1 heterocycles. The summed E-state index contributed by atoms with van der Waals surface area (Å²) < 4.78 is 4.86. The van der Waals surface area contributed by atoms with Crippen LogP contribution in [-0.2, 0) is 14.3 Å². The van der Waals surface area contributed by atoms with Gasteiger partial charge in [0.15, 0.2) is 0 Å². The van der Waals surface area contributed by atoms with E-state index in [-0.39, 0.29) is 30.8 Å². The molecular weight excluding hydrogens is 244 g/mol. The molecule has 0 radical (unpaired) electrons. The van der Waals surface area contributed by atoms with Gasteiger partial charge in [0.05, 0.1) is 13.0 Å². The molecule has 1 atom stereocenters. The summed E-state index contributed by atoms with van der Waals surface area (Å²) in [6.45, 7) is 7.00. The van der Waals surface area contributed by atoms with E-state index in [0.29, 0.717) is 6.61 Å². The lowest BCUT2D eigenvalue weighted by Gasteiger charge is -2.30. The van der Waals surface area contributed by atoms with Crippen LogP contribution >= 0.6 is 0 Å². The van der Waals surface area contributed by atoms with Crippen LogP contribution in [0.5, 0.6) is 0 Å². The number of ether oxygens (including phenoxy) is 1. The molecule has 0 aromatic heterocycles. The minimum atomic E-state index is -0.282. The molecule has 1 aliphatic rings. The molecule has 1 amide bonds. The number of hydrogen-bond donors (Lipinski definition) is 0. The first-order valence-corrected chi connectivity index (χ1v) is 7.22. The monoisotopic (exact) mass is 270 g/mol. The molecule has 0 aromatic rings. The lowest BCUT2D eigenvalue weighted by atomic mass is 10.1. The van der Waals surface area contributed by atoms with Gasteiger partial charge in [-0.15, -0.1) is 0 Å². The zero-order valence-corrected chi connectivity index (χ0v) is 12.4. The third kappa shape index (κ3) is 5.19. The highest BCUT2D eigenvalue weighted by Crippen LogP contribution is 2.14. The molecule has 19 heavy (non-hydrogen) atoms. The van der Waals surface area contributed by atoms with Gasteiger partial charge in [-0.1, -0.05) is 6.92 Å². The number of hydrogen-bond acceptors (Lipinski definition) is 4. The second-order valence-corrected chi connectivity index (χ2v) is 5.07. The number of likely N-dealkylation sites (N-methyl/N-ethyl adjacent to an activating group) is 1. The van der Waals surface area contributed by atoms with E-state index in [9.17, 15) is 9.59 Å². The molecule has 0 bridgehead atoms. The highest BCUT2D eigenvalue weighted by atomic mass is 16.5. The molecule has 0 aliphatic carbocycles. The van der Waals surface area contributed by atoms with Crippen LogP contribution in [0.15, 0.2) is 0 Å². The fraction of sp³-hybridized carbons (Fsp3) is 0.857. The highest BCUT2D eigenvalue weighted by molar-refractivity contribution is 5.81. The quantitative estimate of drug-likeness (QED) is 0.706.